The summed E-state index contributed by atoms with van der Waals surface area (Å²) in [6, 6.07) is 20.7. The second kappa shape index (κ2) is 11.4. The number of nitrogens with one attached hydrogen (secondary N) is 1. The quantitative estimate of drug-likeness (QED) is 0.335. The van der Waals surface area contributed by atoms with E-state index in [4.69, 9.17) is 0 Å². The van der Waals surface area contributed by atoms with Gasteiger partial charge in [-0.2, -0.15) is 0 Å². The predicted octanol–water partition coefficient (Wildman–Crippen LogP) is 5.24. The summed E-state index contributed by atoms with van der Waals surface area (Å²) in [5, 5.41) is 4.19. The molecule has 0 bridgehead atoms. The van der Waals surface area contributed by atoms with Gasteiger partial charge in [0.25, 0.3) is 0 Å². The zero-order valence-corrected chi connectivity index (χ0v) is 19.9. The number of fused-ring (bicyclic) bond motifs is 1. The molecule has 0 unspecified atom stereocenters. The van der Waals surface area contributed by atoms with E-state index in [1.165, 1.54) is 16.5 Å². The summed E-state index contributed by atoms with van der Waals surface area (Å²) in [5.74, 6) is -0.123. The van der Waals surface area contributed by atoms with Gasteiger partial charge in [0.2, 0.25) is 5.91 Å². The molecule has 0 saturated heterocycles. The molecule has 0 aliphatic carbocycles. The highest BCUT2D eigenvalue weighted by Gasteiger charge is 2.10. The number of rotatable bonds is 10. The van der Waals surface area contributed by atoms with Crippen LogP contribution in [0.25, 0.3) is 22.7 Å². The number of carbonyl (C=O) groups excluding carboxylic acids is 1. The van der Waals surface area contributed by atoms with Gasteiger partial charge in [-0.15, -0.1) is 0 Å². The van der Waals surface area contributed by atoms with Gasteiger partial charge in [0.05, 0.1) is 5.52 Å². The topological polar surface area (TPSA) is 50.2 Å². The van der Waals surface area contributed by atoms with E-state index in [2.05, 4.69) is 76.2 Å². The first-order valence-corrected chi connectivity index (χ1v) is 11.9. The first-order chi connectivity index (χ1) is 16.7. The Bertz CT molecular complexity index is 1240. The maximum Gasteiger partial charge on any atom is 0.244 e. The molecule has 0 aliphatic rings. The SMILES string of the molecule is CCN(CC)CCc1cn(-c2ccc(C=CC(=O)NCc3cccnc3)cc2)c2ccccc12. The number of carbonyl (C=O) groups is 1. The lowest BCUT2D eigenvalue weighted by Gasteiger charge is -2.17. The van der Waals surface area contributed by atoms with Crippen LogP contribution >= 0.6 is 0 Å². The molecule has 0 spiro atoms. The maximum absolute atomic E-state index is 12.2. The normalized spacial score (nSPS) is 11.5. The van der Waals surface area contributed by atoms with E-state index in [0.29, 0.717) is 6.54 Å². The minimum Gasteiger partial charge on any atom is -0.348 e. The van der Waals surface area contributed by atoms with E-state index in [1.54, 1.807) is 18.5 Å². The van der Waals surface area contributed by atoms with E-state index in [1.807, 2.05) is 30.3 Å². The first-order valence-electron chi connectivity index (χ1n) is 11.9. The molecule has 0 radical (unpaired) electrons. The van der Waals surface area contributed by atoms with Crippen molar-refractivity contribution < 1.29 is 4.79 Å². The molecule has 34 heavy (non-hydrogen) atoms. The minimum atomic E-state index is -0.123. The largest absolute Gasteiger partial charge is 0.348 e. The molecular formula is C29H32N4O. The fraction of sp³-hybridized carbons (Fsp3) is 0.241. The summed E-state index contributed by atoms with van der Waals surface area (Å²) < 4.78 is 2.26. The van der Waals surface area contributed by atoms with Gasteiger partial charge >= 0.3 is 0 Å². The summed E-state index contributed by atoms with van der Waals surface area (Å²) in [7, 11) is 0. The van der Waals surface area contributed by atoms with Gasteiger partial charge in [-0.25, -0.2) is 0 Å². The third kappa shape index (κ3) is 5.80. The van der Waals surface area contributed by atoms with Crippen molar-refractivity contribution in [1.82, 2.24) is 19.8 Å². The third-order valence-corrected chi connectivity index (χ3v) is 6.17. The number of para-hydroxylation sites is 1. The lowest BCUT2D eigenvalue weighted by Crippen LogP contribution is -2.25. The van der Waals surface area contributed by atoms with Gasteiger partial charge in [-0.3, -0.25) is 9.78 Å². The highest BCUT2D eigenvalue weighted by molar-refractivity contribution is 5.91. The molecule has 1 amide bonds. The molecule has 4 aromatic rings. The van der Waals surface area contributed by atoms with Gasteiger partial charge in [0.15, 0.2) is 0 Å². The fourth-order valence-electron chi connectivity index (χ4n) is 4.15. The minimum absolute atomic E-state index is 0.123. The van der Waals surface area contributed by atoms with Crippen LogP contribution in [0.1, 0.15) is 30.5 Å². The number of amides is 1. The smallest absolute Gasteiger partial charge is 0.244 e. The molecule has 174 valence electrons. The molecule has 2 heterocycles. The molecule has 0 atom stereocenters. The van der Waals surface area contributed by atoms with Gasteiger partial charge in [-0.1, -0.05) is 50.2 Å². The summed E-state index contributed by atoms with van der Waals surface area (Å²) in [6.45, 7) is 8.11. The fourth-order valence-corrected chi connectivity index (χ4v) is 4.15. The highest BCUT2D eigenvalue weighted by atomic mass is 16.1. The van der Waals surface area contributed by atoms with Crippen molar-refractivity contribution in [2.75, 3.05) is 19.6 Å². The van der Waals surface area contributed by atoms with Crippen molar-refractivity contribution >= 4 is 22.9 Å². The van der Waals surface area contributed by atoms with Crippen molar-refractivity contribution in [1.29, 1.82) is 0 Å². The third-order valence-electron chi connectivity index (χ3n) is 6.17. The number of hydrogen-bond acceptors (Lipinski definition) is 3. The molecule has 4 rings (SSSR count). The maximum atomic E-state index is 12.2. The van der Waals surface area contributed by atoms with E-state index >= 15 is 0 Å². The Morgan fingerprint density at radius 3 is 2.56 bits per heavy atom. The zero-order chi connectivity index (χ0) is 23.8. The Labute approximate surface area is 201 Å². The molecule has 5 nitrogen and oxygen atoms in total. The number of nitrogens with zero attached hydrogens (tertiary/aromatic N) is 3. The van der Waals surface area contributed by atoms with Crippen LogP contribution in [0.2, 0.25) is 0 Å². The molecule has 0 saturated carbocycles. The highest BCUT2D eigenvalue weighted by Crippen LogP contribution is 2.26. The molecule has 2 aromatic carbocycles. The predicted molar refractivity (Wildman–Crippen MR) is 140 cm³/mol. The Morgan fingerprint density at radius 1 is 1.03 bits per heavy atom. The molecule has 5 heteroatoms. The van der Waals surface area contributed by atoms with Crippen LogP contribution in [0, 0.1) is 0 Å². The van der Waals surface area contributed by atoms with Crippen LogP contribution in [-0.2, 0) is 17.8 Å². The van der Waals surface area contributed by atoms with Gasteiger partial charge in [0, 0.05) is 48.8 Å². The first kappa shape index (κ1) is 23.5. The van der Waals surface area contributed by atoms with E-state index in [0.717, 1.165) is 42.9 Å². The average molecular weight is 453 g/mol. The van der Waals surface area contributed by atoms with Crippen molar-refractivity contribution in [2.45, 2.75) is 26.8 Å². The average Bonchev–Trinajstić information content (AvgIpc) is 3.26. The van der Waals surface area contributed by atoms with Crippen molar-refractivity contribution in [2.24, 2.45) is 0 Å². The summed E-state index contributed by atoms with van der Waals surface area (Å²) >= 11 is 0. The van der Waals surface area contributed by atoms with E-state index in [-0.39, 0.29) is 5.91 Å². The molecule has 0 aliphatic heterocycles. The Kier molecular flexibility index (Phi) is 7.89. The number of aromatic nitrogens is 2. The Balaban J connectivity index is 1.45. The summed E-state index contributed by atoms with van der Waals surface area (Å²) in [6.07, 6.45) is 10.2. The van der Waals surface area contributed by atoms with Crippen LogP contribution < -0.4 is 5.32 Å². The number of hydrogen-bond donors (Lipinski definition) is 1. The van der Waals surface area contributed by atoms with Crippen LogP contribution in [0.4, 0.5) is 0 Å². The van der Waals surface area contributed by atoms with Crippen molar-refractivity contribution in [3.63, 3.8) is 0 Å². The molecule has 2 aromatic heterocycles. The molecular weight excluding hydrogens is 420 g/mol. The second-order valence-corrected chi connectivity index (χ2v) is 8.32. The summed E-state index contributed by atoms with van der Waals surface area (Å²) in [4.78, 5) is 18.7. The van der Waals surface area contributed by atoms with Gasteiger partial charge in [0.1, 0.15) is 0 Å². The molecule has 1 N–H and O–H groups in total. The Hall–Kier alpha value is -3.70. The summed E-state index contributed by atoms with van der Waals surface area (Å²) in [5.41, 5.74) is 5.66. The van der Waals surface area contributed by atoms with Crippen LogP contribution in [0.15, 0.2) is 85.3 Å². The van der Waals surface area contributed by atoms with Gasteiger partial charge in [-0.05, 0) is 66.5 Å². The molecule has 0 fully saturated rings. The van der Waals surface area contributed by atoms with E-state index < -0.39 is 0 Å². The van der Waals surface area contributed by atoms with Crippen LogP contribution in [0.3, 0.4) is 0 Å². The lowest BCUT2D eigenvalue weighted by molar-refractivity contribution is -0.116. The lowest BCUT2D eigenvalue weighted by atomic mass is 10.1. The van der Waals surface area contributed by atoms with Crippen LogP contribution in [-0.4, -0.2) is 40.0 Å². The van der Waals surface area contributed by atoms with E-state index in [9.17, 15) is 4.79 Å². The number of pyridine rings is 1. The monoisotopic (exact) mass is 452 g/mol. The second-order valence-electron chi connectivity index (χ2n) is 8.32. The van der Waals surface area contributed by atoms with Gasteiger partial charge < -0.3 is 14.8 Å². The van der Waals surface area contributed by atoms with Crippen molar-refractivity contribution in [3.8, 4) is 5.69 Å². The zero-order valence-electron chi connectivity index (χ0n) is 19.9. The number of benzene rings is 2. The van der Waals surface area contributed by atoms with Crippen molar-refractivity contribution in [3.05, 3.63) is 102 Å². The standard InChI is InChI=1S/C29H32N4O/c1-3-32(4-2)19-17-25-22-33(28-10-6-5-9-27(25)28)26-14-11-23(12-15-26)13-16-29(34)31-21-24-8-7-18-30-20-24/h5-16,18,20,22H,3-4,17,19,21H2,1-2H3,(H,31,34). The number of likely N-dealkylation sites (N-methyl/N-ethyl adjacent to an activating group) is 1. The van der Waals surface area contributed by atoms with Crippen LogP contribution in [0.5, 0.6) is 0 Å². The Morgan fingerprint density at radius 2 is 1.82 bits per heavy atom.